The number of hydrogen-bond acceptors (Lipinski definition) is 2. The maximum atomic E-state index is 6.02. The van der Waals surface area contributed by atoms with Crippen molar-refractivity contribution in [3.8, 4) is 0 Å². The van der Waals surface area contributed by atoms with Crippen LogP contribution in [0.3, 0.4) is 0 Å². The molecule has 2 N–H and O–H groups in total. The maximum absolute atomic E-state index is 6.02. The molecule has 1 aromatic rings. The molecule has 0 aromatic heterocycles. The zero-order valence-electron chi connectivity index (χ0n) is 8.84. The lowest BCUT2D eigenvalue weighted by molar-refractivity contribution is 0.652. The van der Waals surface area contributed by atoms with E-state index in [2.05, 4.69) is 26.0 Å². The summed E-state index contributed by atoms with van der Waals surface area (Å²) < 4.78 is 0. The topological polar surface area (TPSA) is 26.0 Å². The summed E-state index contributed by atoms with van der Waals surface area (Å²) in [5.74, 6) is 1.16. The number of fused-ring (bicyclic) bond motifs is 1. The standard InChI is InChI=1S/C12H17NS/c1-8-5-10-7-11(13)3-4-14-12(10)6-9(8)2/h5-6,11H,3-4,7,13H2,1-2H3. The smallest absolute Gasteiger partial charge is 0.0107 e. The molecule has 1 aromatic carbocycles. The molecule has 0 saturated carbocycles. The van der Waals surface area contributed by atoms with Gasteiger partial charge in [-0.3, -0.25) is 0 Å². The zero-order chi connectivity index (χ0) is 10.1. The van der Waals surface area contributed by atoms with Crippen LogP contribution in [0.5, 0.6) is 0 Å². The van der Waals surface area contributed by atoms with Crippen LogP contribution in [-0.4, -0.2) is 11.8 Å². The molecule has 0 aliphatic carbocycles. The van der Waals surface area contributed by atoms with Gasteiger partial charge in [-0.15, -0.1) is 11.8 Å². The fourth-order valence-corrected chi connectivity index (χ4v) is 3.08. The molecule has 14 heavy (non-hydrogen) atoms. The van der Waals surface area contributed by atoms with Crippen molar-refractivity contribution < 1.29 is 0 Å². The molecule has 0 amide bonds. The van der Waals surface area contributed by atoms with E-state index in [1.807, 2.05) is 11.8 Å². The highest BCUT2D eigenvalue weighted by Crippen LogP contribution is 2.30. The van der Waals surface area contributed by atoms with Gasteiger partial charge in [0.15, 0.2) is 0 Å². The lowest BCUT2D eigenvalue weighted by Crippen LogP contribution is -2.22. The van der Waals surface area contributed by atoms with Crippen molar-refractivity contribution in [2.75, 3.05) is 5.75 Å². The van der Waals surface area contributed by atoms with E-state index in [9.17, 15) is 0 Å². The second kappa shape index (κ2) is 3.95. The van der Waals surface area contributed by atoms with Crippen LogP contribution in [0.2, 0.25) is 0 Å². The van der Waals surface area contributed by atoms with E-state index in [1.54, 1.807) is 0 Å². The lowest BCUT2D eigenvalue weighted by Gasteiger charge is -2.10. The Kier molecular flexibility index (Phi) is 2.84. The summed E-state index contributed by atoms with van der Waals surface area (Å²) >= 11 is 1.96. The minimum absolute atomic E-state index is 0.353. The Labute approximate surface area is 90.1 Å². The predicted molar refractivity (Wildman–Crippen MR) is 62.9 cm³/mol. The number of nitrogens with two attached hydrogens (primary N) is 1. The molecule has 1 nitrogen and oxygen atoms in total. The number of aryl methyl sites for hydroxylation is 2. The molecule has 0 bridgehead atoms. The van der Waals surface area contributed by atoms with Crippen molar-refractivity contribution in [3.63, 3.8) is 0 Å². The van der Waals surface area contributed by atoms with Gasteiger partial charge in [0.25, 0.3) is 0 Å². The molecule has 1 unspecified atom stereocenters. The van der Waals surface area contributed by atoms with E-state index >= 15 is 0 Å². The summed E-state index contributed by atoms with van der Waals surface area (Å²) in [6.45, 7) is 4.36. The predicted octanol–water partition coefficient (Wildman–Crippen LogP) is 2.67. The molecule has 0 spiro atoms. The summed E-state index contributed by atoms with van der Waals surface area (Å²) in [7, 11) is 0. The van der Waals surface area contributed by atoms with E-state index in [0.717, 1.165) is 18.6 Å². The van der Waals surface area contributed by atoms with Crippen molar-refractivity contribution >= 4 is 11.8 Å². The molecule has 76 valence electrons. The minimum Gasteiger partial charge on any atom is -0.327 e. The van der Waals surface area contributed by atoms with Gasteiger partial charge in [0.2, 0.25) is 0 Å². The number of thioether (sulfide) groups is 1. The van der Waals surface area contributed by atoms with E-state index in [4.69, 9.17) is 5.73 Å². The molecule has 1 aliphatic heterocycles. The third-order valence-corrected chi connectivity index (χ3v) is 4.04. The molecule has 0 radical (unpaired) electrons. The first-order chi connectivity index (χ1) is 6.66. The highest BCUT2D eigenvalue weighted by molar-refractivity contribution is 7.99. The SMILES string of the molecule is Cc1cc2c(cc1C)SCCC(N)C2. The van der Waals surface area contributed by atoms with Crippen molar-refractivity contribution in [2.45, 2.75) is 37.6 Å². The molecule has 1 aliphatic rings. The highest BCUT2D eigenvalue weighted by Gasteiger charge is 2.14. The van der Waals surface area contributed by atoms with Gasteiger partial charge in [0.05, 0.1) is 0 Å². The van der Waals surface area contributed by atoms with Crippen LogP contribution in [-0.2, 0) is 6.42 Å². The quantitative estimate of drug-likeness (QED) is 0.708. The van der Waals surface area contributed by atoms with Crippen LogP contribution in [0.15, 0.2) is 17.0 Å². The normalized spacial score (nSPS) is 21.5. The lowest BCUT2D eigenvalue weighted by atomic mass is 10.0. The van der Waals surface area contributed by atoms with Crippen molar-refractivity contribution in [3.05, 3.63) is 28.8 Å². The third kappa shape index (κ3) is 1.96. The molecule has 0 fully saturated rings. The number of benzene rings is 1. The van der Waals surface area contributed by atoms with Gasteiger partial charge in [-0.1, -0.05) is 6.07 Å². The Bertz CT molecular complexity index is 346. The Morgan fingerprint density at radius 2 is 2.00 bits per heavy atom. The van der Waals surface area contributed by atoms with Crippen LogP contribution in [0.1, 0.15) is 23.1 Å². The fraction of sp³-hybridized carbons (Fsp3) is 0.500. The van der Waals surface area contributed by atoms with Gasteiger partial charge in [0.1, 0.15) is 0 Å². The van der Waals surface area contributed by atoms with Gasteiger partial charge in [-0.05, 0) is 55.2 Å². The number of rotatable bonds is 0. The van der Waals surface area contributed by atoms with Gasteiger partial charge in [-0.25, -0.2) is 0 Å². The van der Waals surface area contributed by atoms with Crippen molar-refractivity contribution in [2.24, 2.45) is 5.73 Å². The molecule has 1 heterocycles. The van der Waals surface area contributed by atoms with E-state index in [-0.39, 0.29) is 0 Å². The van der Waals surface area contributed by atoms with Crippen LogP contribution in [0.4, 0.5) is 0 Å². The summed E-state index contributed by atoms with van der Waals surface area (Å²) in [5, 5.41) is 0. The summed E-state index contributed by atoms with van der Waals surface area (Å²) in [6, 6.07) is 4.97. The second-order valence-electron chi connectivity index (χ2n) is 4.15. The second-order valence-corrected chi connectivity index (χ2v) is 5.28. The highest BCUT2D eigenvalue weighted by atomic mass is 32.2. The molecular formula is C12H17NS. The fourth-order valence-electron chi connectivity index (χ4n) is 1.85. The summed E-state index contributed by atoms with van der Waals surface area (Å²) in [4.78, 5) is 1.45. The Morgan fingerprint density at radius 3 is 2.79 bits per heavy atom. The monoisotopic (exact) mass is 207 g/mol. The first-order valence-electron chi connectivity index (χ1n) is 5.15. The average Bonchev–Trinajstić information content (AvgIpc) is 2.28. The van der Waals surface area contributed by atoms with Crippen molar-refractivity contribution in [1.29, 1.82) is 0 Å². The first-order valence-corrected chi connectivity index (χ1v) is 6.14. The molecule has 2 heteroatoms. The molecule has 2 rings (SSSR count). The Hall–Kier alpha value is -0.470. The summed E-state index contributed by atoms with van der Waals surface area (Å²) in [6.07, 6.45) is 2.18. The van der Waals surface area contributed by atoms with Gasteiger partial charge in [-0.2, -0.15) is 0 Å². The maximum Gasteiger partial charge on any atom is 0.0107 e. The van der Waals surface area contributed by atoms with Gasteiger partial charge in [0, 0.05) is 10.9 Å². The largest absolute Gasteiger partial charge is 0.327 e. The van der Waals surface area contributed by atoms with Gasteiger partial charge >= 0.3 is 0 Å². The third-order valence-electron chi connectivity index (χ3n) is 2.91. The van der Waals surface area contributed by atoms with Crippen LogP contribution in [0.25, 0.3) is 0 Å². The zero-order valence-corrected chi connectivity index (χ0v) is 9.66. The van der Waals surface area contributed by atoms with Crippen LogP contribution < -0.4 is 5.73 Å². The Morgan fingerprint density at radius 1 is 1.29 bits per heavy atom. The minimum atomic E-state index is 0.353. The van der Waals surface area contributed by atoms with Crippen molar-refractivity contribution in [1.82, 2.24) is 0 Å². The number of hydrogen-bond donors (Lipinski definition) is 1. The molecular weight excluding hydrogens is 190 g/mol. The van der Waals surface area contributed by atoms with Crippen LogP contribution in [0, 0.1) is 13.8 Å². The Balaban J connectivity index is 2.41. The van der Waals surface area contributed by atoms with Gasteiger partial charge < -0.3 is 5.73 Å². The van der Waals surface area contributed by atoms with E-state index in [1.165, 1.54) is 21.6 Å². The average molecular weight is 207 g/mol. The molecule has 0 saturated heterocycles. The van der Waals surface area contributed by atoms with E-state index < -0.39 is 0 Å². The first kappa shape index (κ1) is 10.1. The molecule has 1 atom stereocenters. The summed E-state index contributed by atoms with van der Waals surface area (Å²) in [5.41, 5.74) is 10.3. The van der Waals surface area contributed by atoms with Crippen LogP contribution >= 0.6 is 11.8 Å². The van der Waals surface area contributed by atoms with E-state index in [0.29, 0.717) is 6.04 Å².